The van der Waals surface area contributed by atoms with E-state index in [0.29, 0.717) is 41.3 Å². The second-order valence-electron chi connectivity index (χ2n) is 8.00. The maximum atomic E-state index is 13.3. The number of hydrogen-bond acceptors (Lipinski definition) is 5. The maximum Gasteiger partial charge on any atom is 0.219 e. The van der Waals surface area contributed by atoms with E-state index in [4.69, 9.17) is 14.7 Å². The smallest absolute Gasteiger partial charge is 0.219 e. The number of hydrogen-bond donors (Lipinski definition) is 2. The lowest BCUT2D eigenvalue weighted by atomic mass is 10.1. The lowest BCUT2D eigenvalue weighted by Gasteiger charge is -2.10. The predicted molar refractivity (Wildman–Crippen MR) is 127 cm³/mol. The lowest BCUT2D eigenvalue weighted by Crippen LogP contribution is -2.01. The molecule has 2 N–H and O–H groups in total. The van der Waals surface area contributed by atoms with E-state index in [1.165, 1.54) is 19.2 Å². The number of nitrogens with zero attached hydrogens (tertiary/aromatic N) is 3. The van der Waals surface area contributed by atoms with Crippen molar-refractivity contribution >= 4 is 5.65 Å². The first-order valence-corrected chi connectivity index (χ1v) is 10.8. The number of fused-ring (bicyclic) bond motifs is 1. The van der Waals surface area contributed by atoms with E-state index < -0.39 is 0 Å². The average molecular weight is 455 g/mol. The van der Waals surface area contributed by atoms with Gasteiger partial charge in [-0.3, -0.25) is 4.40 Å². The molecule has 0 amide bonds. The van der Waals surface area contributed by atoms with Gasteiger partial charge in [0.2, 0.25) is 5.88 Å². The zero-order valence-electron chi connectivity index (χ0n) is 18.4. The van der Waals surface area contributed by atoms with Crippen molar-refractivity contribution in [2.24, 2.45) is 0 Å². The SMILES string of the molecule is COc1cc(-c2cn3c(O)c(Cc4ccc(F)cc4)nc3c(Cc3ccccc3)n2)ccc1O. The molecule has 0 atom stereocenters. The topological polar surface area (TPSA) is 79.9 Å². The normalized spacial score (nSPS) is 11.1. The molecule has 0 radical (unpaired) electrons. The van der Waals surface area contributed by atoms with Crippen LogP contribution in [0.1, 0.15) is 22.5 Å². The molecule has 34 heavy (non-hydrogen) atoms. The van der Waals surface area contributed by atoms with Crippen LogP contribution >= 0.6 is 0 Å². The molecule has 2 aromatic heterocycles. The van der Waals surface area contributed by atoms with Gasteiger partial charge in [0.25, 0.3) is 0 Å². The van der Waals surface area contributed by atoms with Crippen LogP contribution in [0.15, 0.2) is 79.0 Å². The molecule has 5 rings (SSSR count). The molecule has 0 spiro atoms. The van der Waals surface area contributed by atoms with Crippen molar-refractivity contribution in [1.82, 2.24) is 14.4 Å². The summed E-state index contributed by atoms with van der Waals surface area (Å²) in [5.74, 6) is 0.0501. The summed E-state index contributed by atoms with van der Waals surface area (Å²) >= 11 is 0. The minimum absolute atomic E-state index is 0.00281. The first-order valence-electron chi connectivity index (χ1n) is 10.8. The first-order chi connectivity index (χ1) is 16.5. The van der Waals surface area contributed by atoms with Crippen LogP contribution in [-0.2, 0) is 12.8 Å². The summed E-state index contributed by atoms with van der Waals surface area (Å²) in [7, 11) is 1.49. The van der Waals surface area contributed by atoms with Crippen molar-refractivity contribution in [2.75, 3.05) is 7.11 Å². The van der Waals surface area contributed by atoms with Crippen LogP contribution in [0.2, 0.25) is 0 Å². The Kier molecular flexibility index (Phi) is 5.59. The summed E-state index contributed by atoms with van der Waals surface area (Å²) in [6.45, 7) is 0. The number of aromatic hydroxyl groups is 2. The van der Waals surface area contributed by atoms with Gasteiger partial charge < -0.3 is 14.9 Å². The average Bonchev–Trinajstić information content (AvgIpc) is 3.17. The Hall–Kier alpha value is -4.39. The third-order valence-electron chi connectivity index (χ3n) is 5.69. The number of benzene rings is 3. The van der Waals surface area contributed by atoms with Crippen molar-refractivity contribution in [3.63, 3.8) is 0 Å². The van der Waals surface area contributed by atoms with E-state index in [9.17, 15) is 14.6 Å². The highest BCUT2D eigenvalue weighted by molar-refractivity contribution is 5.66. The van der Waals surface area contributed by atoms with Gasteiger partial charge in [0.05, 0.1) is 18.5 Å². The number of methoxy groups -OCH3 is 1. The highest BCUT2D eigenvalue weighted by Gasteiger charge is 2.18. The fourth-order valence-electron chi connectivity index (χ4n) is 3.94. The monoisotopic (exact) mass is 455 g/mol. The second kappa shape index (κ2) is 8.86. The quantitative estimate of drug-likeness (QED) is 0.371. The molecule has 7 heteroatoms. The van der Waals surface area contributed by atoms with Gasteiger partial charge in [0, 0.05) is 24.6 Å². The third-order valence-corrected chi connectivity index (χ3v) is 5.69. The summed E-state index contributed by atoms with van der Waals surface area (Å²) < 4.78 is 20.2. The fourth-order valence-corrected chi connectivity index (χ4v) is 3.94. The standard InChI is InChI=1S/C27H22FN3O3/c1-34-25-15-19(9-12-24(25)32)23-16-31-26(21(29-23)13-17-5-3-2-4-6-17)30-22(27(31)33)14-18-7-10-20(28)11-8-18/h2-12,15-16,32-33H,13-14H2,1H3. The molecule has 0 aliphatic rings. The van der Waals surface area contributed by atoms with Crippen molar-refractivity contribution < 1.29 is 19.3 Å². The number of rotatable bonds is 6. The van der Waals surface area contributed by atoms with E-state index in [2.05, 4.69) is 0 Å². The molecule has 6 nitrogen and oxygen atoms in total. The minimum atomic E-state index is -0.314. The van der Waals surface area contributed by atoms with Crippen LogP contribution in [0.4, 0.5) is 4.39 Å². The minimum Gasteiger partial charge on any atom is -0.504 e. The van der Waals surface area contributed by atoms with Crippen molar-refractivity contribution in [2.45, 2.75) is 12.8 Å². The van der Waals surface area contributed by atoms with Gasteiger partial charge >= 0.3 is 0 Å². The van der Waals surface area contributed by atoms with Crippen LogP contribution in [0.25, 0.3) is 16.9 Å². The Morgan fingerprint density at radius 3 is 2.29 bits per heavy atom. The van der Waals surface area contributed by atoms with Crippen LogP contribution in [-0.4, -0.2) is 31.7 Å². The molecule has 0 bridgehead atoms. The highest BCUT2D eigenvalue weighted by Crippen LogP contribution is 2.33. The number of phenolic OH excluding ortho intramolecular Hbond substituents is 1. The molecular formula is C27H22FN3O3. The molecule has 0 saturated heterocycles. The number of halogens is 1. The second-order valence-corrected chi connectivity index (χ2v) is 8.00. The molecule has 0 aliphatic carbocycles. The molecule has 0 unspecified atom stereocenters. The Bertz CT molecular complexity index is 1460. The molecule has 3 aromatic carbocycles. The van der Waals surface area contributed by atoms with Gasteiger partial charge in [0.1, 0.15) is 11.5 Å². The van der Waals surface area contributed by atoms with E-state index in [-0.39, 0.29) is 17.4 Å². The van der Waals surface area contributed by atoms with Gasteiger partial charge in [-0.2, -0.15) is 0 Å². The van der Waals surface area contributed by atoms with Crippen molar-refractivity contribution in [1.29, 1.82) is 0 Å². The lowest BCUT2D eigenvalue weighted by molar-refractivity contribution is 0.373. The van der Waals surface area contributed by atoms with Crippen molar-refractivity contribution in [3.8, 4) is 28.6 Å². The number of ether oxygens (including phenoxy) is 1. The Morgan fingerprint density at radius 1 is 0.853 bits per heavy atom. The zero-order valence-corrected chi connectivity index (χ0v) is 18.4. The summed E-state index contributed by atoms with van der Waals surface area (Å²) in [5.41, 5.74) is 4.92. The maximum absolute atomic E-state index is 13.3. The Balaban J connectivity index is 1.65. The third kappa shape index (κ3) is 4.15. The van der Waals surface area contributed by atoms with E-state index in [1.807, 2.05) is 30.3 Å². The van der Waals surface area contributed by atoms with E-state index in [1.54, 1.807) is 40.9 Å². The van der Waals surface area contributed by atoms with Crippen molar-refractivity contribution in [3.05, 3.63) is 107 Å². The molecule has 0 aliphatic heterocycles. The van der Waals surface area contributed by atoms with Crippen LogP contribution in [0.5, 0.6) is 17.4 Å². The van der Waals surface area contributed by atoms with Gasteiger partial charge in [0.15, 0.2) is 17.1 Å². The molecule has 5 aromatic rings. The number of aromatic nitrogens is 3. The summed E-state index contributed by atoms with van der Waals surface area (Å²) in [6.07, 6.45) is 2.58. The molecular weight excluding hydrogens is 433 g/mol. The molecule has 170 valence electrons. The summed E-state index contributed by atoms with van der Waals surface area (Å²) in [4.78, 5) is 9.56. The van der Waals surface area contributed by atoms with E-state index >= 15 is 0 Å². The van der Waals surface area contributed by atoms with Crippen LogP contribution < -0.4 is 4.74 Å². The predicted octanol–water partition coefficient (Wildman–Crippen LogP) is 5.14. The Morgan fingerprint density at radius 2 is 1.56 bits per heavy atom. The summed E-state index contributed by atoms with van der Waals surface area (Å²) in [6, 6.07) is 21.0. The number of phenols is 1. The fraction of sp³-hybridized carbons (Fsp3) is 0.111. The molecule has 0 saturated carbocycles. The highest BCUT2D eigenvalue weighted by atomic mass is 19.1. The largest absolute Gasteiger partial charge is 0.504 e. The Labute approximate surface area is 195 Å². The zero-order chi connectivity index (χ0) is 23.7. The van der Waals surface area contributed by atoms with E-state index in [0.717, 1.165) is 16.7 Å². The van der Waals surface area contributed by atoms with Gasteiger partial charge in [-0.25, -0.2) is 14.4 Å². The van der Waals surface area contributed by atoms with Gasteiger partial charge in [-0.05, 0) is 41.5 Å². The van der Waals surface area contributed by atoms with Gasteiger partial charge in [-0.1, -0.05) is 42.5 Å². The molecule has 2 heterocycles. The van der Waals surface area contributed by atoms with Crippen LogP contribution in [0.3, 0.4) is 0 Å². The molecule has 0 fully saturated rings. The number of imidazole rings is 1. The summed E-state index contributed by atoms with van der Waals surface area (Å²) in [5, 5.41) is 21.0. The first kappa shape index (κ1) is 21.5. The van der Waals surface area contributed by atoms with Crippen LogP contribution in [0, 0.1) is 5.82 Å². The van der Waals surface area contributed by atoms with Gasteiger partial charge in [-0.15, -0.1) is 0 Å².